The number of methoxy groups -OCH3 is 1. The van der Waals surface area contributed by atoms with E-state index in [1.54, 1.807) is 7.11 Å². The number of carbonyl (C=O) groups is 1. The van der Waals surface area contributed by atoms with Gasteiger partial charge < -0.3 is 15.4 Å². The molecule has 0 aliphatic rings. The maximum absolute atomic E-state index is 12.4. The predicted molar refractivity (Wildman–Crippen MR) is 111 cm³/mol. The summed E-state index contributed by atoms with van der Waals surface area (Å²) >= 11 is 5.99. The predicted octanol–water partition coefficient (Wildman–Crippen LogP) is 3.32. The zero-order valence-corrected chi connectivity index (χ0v) is 16.5. The first-order valence-electron chi connectivity index (χ1n) is 9.19. The first-order chi connectivity index (χ1) is 13.7. The summed E-state index contributed by atoms with van der Waals surface area (Å²) in [7, 11) is 1.65. The molecule has 5 heteroatoms. The van der Waals surface area contributed by atoms with Gasteiger partial charge in [0.15, 0.2) is 6.54 Å². The number of rotatable bonds is 8. The molecule has 0 heterocycles. The Morgan fingerprint density at radius 3 is 2.39 bits per heavy atom. The van der Waals surface area contributed by atoms with Crippen LogP contribution in [0.3, 0.4) is 0 Å². The topological polar surface area (TPSA) is 54.9 Å². The van der Waals surface area contributed by atoms with Crippen molar-refractivity contribution in [2.24, 2.45) is 0 Å². The Morgan fingerprint density at radius 1 is 1.00 bits per heavy atom. The van der Waals surface area contributed by atoms with Gasteiger partial charge in [0, 0.05) is 22.7 Å². The van der Waals surface area contributed by atoms with Crippen LogP contribution in [0, 0.1) is 0 Å². The van der Waals surface area contributed by atoms with E-state index in [1.807, 2.05) is 72.0 Å². The number of halogens is 1. The molecule has 1 atom stereocenters. The minimum Gasteiger partial charge on any atom is -0.497 e. The molecule has 0 radical (unpaired) electrons. The lowest BCUT2D eigenvalue weighted by Gasteiger charge is -2.17. The highest BCUT2D eigenvalue weighted by molar-refractivity contribution is 6.30. The van der Waals surface area contributed by atoms with E-state index in [1.165, 1.54) is 0 Å². The summed E-state index contributed by atoms with van der Waals surface area (Å²) in [4.78, 5) is 12.4. The van der Waals surface area contributed by atoms with Gasteiger partial charge in [-0.05, 0) is 42.0 Å². The number of nitrogens with one attached hydrogen (secondary N) is 1. The van der Waals surface area contributed by atoms with Crippen LogP contribution in [-0.2, 0) is 11.3 Å². The average molecular weight is 396 g/mol. The number of carbonyl (C=O) groups excluding carboxylic acids is 1. The molecule has 3 rings (SSSR count). The van der Waals surface area contributed by atoms with Gasteiger partial charge in [0.2, 0.25) is 0 Å². The second kappa shape index (κ2) is 9.93. The van der Waals surface area contributed by atoms with Gasteiger partial charge in [-0.2, -0.15) is 0 Å². The molecule has 0 aromatic heterocycles. The molecule has 0 bridgehead atoms. The lowest BCUT2D eigenvalue weighted by molar-refractivity contribution is -0.676. The van der Waals surface area contributed by atoms with Gasteiger partial charge in [0.1, 0.15) is 11.8 Å². The molecule has 0 saturated carbocycles. The standard InChI is InChI=1S/C23H23ClN2O2/c1-28-21-12-10-19(11-13-21)23(18-7-3-2-4-8-18)26-16-22(27)25-15-17-6-5-9-20(24)14-17/h2-14,23,26H,15-16H2,1H3,(H,25,27)/p+1/t23-/m0/s1. The highest BCUT2D eigenvalue weighted by Crippen LogP contribution is 2.21. The molecule has 4 nitrogen and oxygen atoms in total. The van der Waals surface area contributed by atoms with Crippen LogP contribution in [0.4, 0.5) is 0 Å². The van der Waals surface area contributed by atoms with Crippen LogP contribution in [0.1, 0.15) is 22.7 Å². The molecule has 0 fully saturated rings. The summed E-state index contributed by atoms with van der Waals surface area (Å²) in [5.41, 5.74) is 3.25. The smallest absolute Gasteiger partial charge is 0.275 e. The van der Waals surface area contributed by atoms with E-state index in [9.17, 15) is 4.79 Å². The van der Waals surface area contributed by atoms with Gasteiger partial charge in [0.25, 0.3) is 5.91 Å². The minimum atomic E-state index is -0.0191. The normalized spacial score (nSPS) is 11.6. The molecular weight excluding hydrogens is 372 g/mol. The fraction of sp³-hybridized carbons (Fsp3) is 0.174. The first-order valence-corrected chi connectivity index (χ1v) is 9.57. The van der Waals surface area contributed by atoms with Gasteiger partial charge in [-0.25, -0.2) is 0 Å². The largest absolute Gasteiger partial charge is 0.497 e. The highest BCUT2D eigenvalue weighted by Gasteiger charge is 2.19. The third-order valence-electron chi connectivity index (χ3n) is 4.55. The minimum absolute atomic E-state index is 0.0191. The maximum Gasteiger partial charge on any atom is 0.275 e. The lowest BCUT2D eigenvalue weighted by atomic mass is 9.98. The monoisotopic (exact) mass is 395 g/mol. The van der Waals surface area contributed by atoms with Gasteiger partial charge in [-0.1, -0.05) is 54.1 Å². The third-order valence-corrected chi connectivity index (χ3v) is 4.79. The summed E-state index contributed by atoms with van der Waals surface area (Å²) in [6, 6.07) is 25.7. The number of benzene rings is 3. The van der Waals surface area contributed by atoms with Crippen LogP contribution >= 0.6 is 11.6 Å². The lowest BCUT2D eigenvalue weighted by Crippen LogP contribution is -2.87. The van der Waals surface area contributed by atoms with Gasteiger partial charge in [-0.3, -0.25) is 4.79 Å². The van der Waals surface area contributed by atoms with E-state index in [2.05, 4.69) is 17.4 Å². The Bertz CT molecular complexity index is 898. The summed E-state index contributed by atoms with van der Waals surface area (Å²) in [6.45, 7) is 0.790. The number of hydrogen-bond acceptors (Lipinski definition) is 2. The van der Waals surface area contributed by atoms with E-state index >= 15 is 0 Å². The quantitative estimate of drug-likeness (QED) is 0.614. The van der Waals surface area contributed by atoms with Crippen molar-refractivity contribution in [2.75, 3.05) is 13.7 Å². The molecule has 1 amide bonds. The summed E-state index contributed by atoms with van der Waals surface area (Å²) < 4.78 is 5.25. The van der Waals surface area contributed by atoms with Crippen LogP contribution < -0.4 is 15.4 Å². The van der Waals surface area contributed by atoms with E-state index in [0.29, 0.717) is 18.1 Å². The second-order valence-corrected chi connectivity index (χ2v) is 6.94. The van der Waals surface area contributed by atoms with Crippen molar-refractivity contribution in [2.45, 2.75) is 12.6 Å². The van der Waals surface area contributed by atoms with Crippen molar-refractivity contribution >= 4 is 17.5 Å². The molecule has 0 aliphatic carbocycles. The van der Waals surface area contributed by atoms with Crippen molar-refractivity contribution in [3.05, 3.63) is 101 Å². The van der Waals surface area contributed by atoms with Gasteiger partial charge in [0.05, 0.1) is 7.11 Å². The highest BCUT2D eigenvalue weighted by atomic mass is 35.5. The average Bonchev–Trinajstić information content (AvgIpc) is 2.74. The van der Waals surface area contributed by atoms with Crippen molar-refractivity contribution < 1.29 is 14.8 Å². The number of nitrogens with two attached hydrogens (primary N) is 1. The van der Waals surface area contributed by atoms with E-state index in [4.69, 9.17) is 16.3 Å². The fourth-order valence-electron chi connectivity index (χ4n) is 3.08. The molecule has 0 aliphatic heterocycles. The zero-order valence-electron chi connectivity index (χ0n) is 15.8. The second-order valence-electron chi connectivity index (χ2n) is 6.51. The number of hydrogen-bond donors (Lipinski definition) is 2. The molecule has 0 unspecified atom stereocenters. The molecule has 3 aromatic carbocycles. The van der Waals surface area contributed by atoms with E-state index < -0.39 is 0 Å². The fourth-order valence-corrected chi connectivity index (χ4v) is 3.29. The Balaban J connectivity index is 1.65. The number of amides is 1. The maximum atomic E-state index is 12.4. The van der Waals surface area contributed by atoms with Crippen LogP contribution in [-0.4, -0.2) is 19.6 Å². The molecule has 3 aromatic rings. The third kappa shape index (κ3) is 5.59. The summed E-state index contributed by atoms with van der Waals surface area (Å²) in [6.07, 6.45) is 0. The summed E-state index contributed by atoms with van der Waals surface area (Å²) in [5.74, 6) is 0.796. The van der Waals surface area contributed by atoms with Crippen molar-refractivity contribution in [3.63, 3.8) is 0 Å². The molecule has 3 N–H and O–H groups in total. The Labute approximate surface area is 170 Å². The molecule has 144 valence electrons. The first kappa shape index (κ1) is 19.9. The van der Waals surface area contributed by atoms with Gasteiger partial charge in [-0.15, -0.1) is 0 Å². The van der Waals surface area contributed by atoms with E-state index in [-0.39, 0.29) is 11.9 Å². The molecule has 28 heavy (non-hydrogen) atoms. The molecule has 0 saturated heterocycles. The van der Waals surface area contributed by atoms with Gasteiger partial charge >= 0.3 is 0 Å². The van der Waals surface area contributed by atoms with Crippen molar-refractivity contribution in [1.82, 2.24) is 5.32 Å². The van der Waals surface area contributed by atoms with Crippen LogP contribution in [0.25, 0.3) is 0 Å². The Morgan fingerprint density at radius 2 is 1.71 bits per heavy atom. The SMILES string of the molecule is COc1ccc([C@@H]([NH2+]CC(=O)NCc2cccc(Cl)c2)c2ccccc2)cc1. The zero-order chi connectivity index (χ0) is 19.8. The van der Waals surface area contributed by atoms with Crippen LogP contribution in [0.15, 0.2) is 78.9 Å². The molecular formula is C23H24ClN2O2+. The Kier molecular flexibility index (Phi) is 7.06. The Hall–Kier alpha value is -2.82. The molecule has 0 spiro atoms. The van der Waals surface area contributed by atoms with Crippen molar-refractivity contribution in [3.8, 4) is 5.75 Å². The summed E-state index contributed by atoms with van der Waals surface area (Å²) in [5, 5.41) is 5.67. The van der Waals surface area contributed by atoms with E-state index in [0.717, 1.165) is 22.4 Å². The number of ether oxygens (including phenoxy) is 1. The van der Waals surface area contributed by atoms with Crippen molar-refractivity contribution in [1.29, 1.82) is 0 Å². The van der Waals surface area contributed by atoms with Crippen LogP contribution in [0.5, 0.6) is 5.75 Å². The van der Waals surface area contributed by atoms with Crippen LogP contribution in [0.2, 0.25) is 5.02 Å². The number of quaternary nitrogens is 1.